The summed E-state index contributed by atoms with van der Waals surface area (Å²) in [5.41, 5.74) is -0.676. The van der Waals surface area contributed by atoms with Gasteiger partial charge in [-0.1, -0.05) is 0 Å². The van der Waals surface area contributed by atoms with Crippen LogP contribution in [0.15, 0.2) is 36.8 Å². The highest BCUT2D eigenvalue weighted by atomic mass is 19.4. The summed E-state index contributed by atoms with van der Waals surface area (Å²) in [4.78, 5) is 35.0. The summed E-state index contributed by atoms with van der Waals surface area (Å²) in [5.74, 6) is -0.534. The predicted octanol–water partition coefficient (Wildman–Crippen LogP) is 1.62. The fourth-order valence-electron chi connectivity index (χ4n) is 1.75. The van der Waals surface area contributed by atoms with Crippen LogP contribution in [-0.4, -0.2) is 32.0 Å². The molecule has 0 spiro atoms. The molecule has 0 N–H and O–H groups in total. The third kappa shape index (κ3) is 4.56. The number of alkyl halides is 3. The highest BCUT2D eigenvalue weighted by molar-refractivity contribution is 6.23. The molecule has 2 aromatic rings. The van der Waals surface area contributed by atoms with E-state index in [0.717, 1.165) is 17.0 Å². The van der Waals surface area contributed by atoms with E-state index in [1.54, 1.807) is 6.07 Å². The zero-order valence-electron chi connectivity index (χ0n) is 11.7. The summed E-state index contributed by atoms with van der Waals surface area (Å²) in [6, 6.07) is 3.61. The minimum absolute atomic E-state index is 0.0544. The van der Waals surface area contributed by atoms with Crippen molar-refractivity contribution in [3.8, 4) is 0 Å². The monoisotopic (exact) mass is 324 g/mol. The third-order valence-electron chi connectivity index (χ3n) is 2.87. The Balaban J connectivity index is 2.14. The second-order valence-electron chi connectivity index (χ2n) is 4.51. The fraction of sp³-hybridized carbons (Fsp3) is 0.214. The number of nitrogens with zero attached hydrogens (tertiary/aromatic N) is 4. The van der Waals surface area contributed by atoms with Gasteiger partial charge in [0.25, 0.3) is 5.91 Å². The van der Waals surface area contributed by atoms with Gasteiger partial charge in [-0.25, -0.2) is 9.97 Å². The molecule has 2 heterocycles. The first-order valence-electron chi connectivity index (χ1n) is 6.42. The quantitative estimate of drug-likeness (QED) is 0.617. The van der Waals surface area contributed by atoms with Gasteiger partial charge in [0.2, 0.25) is 6.29 Å². The molecule has 0 aliphatic heterocycles. The molecule has 0 radical (unpaired) electrons. The van der Waals surface area contributed by atoms with E-state index >= 15 is 0 Å². The predicted molar refractivity (Wildman–Crippen MR) is 71.6 cm³/mol. The SMILES string of the molecule is O=CC(=O)N(Cc1ccc(C(F)(F)F)cn1)Cc1ncccn1. The van der Waals surface area contributed by atoms with Gasteiger partial charge in [0.1, 0.15) is 5.82 Å². The van der Waals surface area contributed by atoms with Crippen LogP contribution in [0.4, 0.5) is 13.2 Å². The van der Waals surface area contributed by atoms with Crippen LogP contribution >= 0.6 is 0 Å². The second kappa shape index (κ2) is 6.95. The van der Waals surface area contributed by atoms with Crippen molar-refractivity contribution in [2.45, 2.75) is 19.3 Å². The molecule has 2 aromatic heterocycles. The summed E-state index contributed by atoms with van der Waals surface area (Å²) in [6.07, 6.45) is -0.739. The van der Waals surface area contributed by atoms with Crippen LogP contribution in [0.3, 0.4) is 0 Å². The number of halogens is 3. The Labute approximate surface area is 129 Å². The Kier molecular flexibility index (Phi) is 4.99. The molecule has 6 nitrogen and oxygen atoms in total. The first-order chi connectivity index (χ1) is 10.9. The first-order valence-corrected chi connectivity index (χ1v) is 6.42. The smallest absolute Gasteiger partial charge is 0.323 e. The van der Waals surface area contributed by atoms with Crippen LogP contribution in [-0.2, 0) is 28.9 Å². The van der Waals surface area contributed by atoms with Crippen molar-refractivity contribution in [3.63, 3.8) is 0 Å². The van der Waals surface area contributed by atoms with E-state index in [9.17, 15) is 22.8 Å². The number of aromatic nitrogens is 3. The minimum Gasteiger partial charge on any atom is -0.323 e. The molecule has 0 aliphatic carbocycles. The van der Waals surface area contributed by atoms with Gasteiger partial charge in [0.15, 0.2) is 0 Å². The Morgan fingerprint density at radius 2 is 1.83 bits per heavy atom. The normalized spacial score (nSPS) is 11.1. The van der Waals surface area contributed by atoms with Crippen molar-refractivity contribution in [1.29, 1.82) is 0 Å². The van der Waals surface area contributed by atoms with E-state index < -0.39 is 17.6 Å². The van der Waals surface area contributed by atoms with Gasteiger partial charge in [-0.2, -0.15) is 13.2 Å². The number of pyridine rings is 1. The van der Waals surface area contributed by atoms with Crippen LogP contribution in [0, 0.1) is 0 Å². The van der Waals surface area contributed by atoms with E-state index in [2.05, 4.69) is 15.0 Å². The first kappa shape index (κ1) is 16.5. The number of carbonyl (C=O) groups is 2. The fourth-order valence-corrected chi connectivity index (χ4v) is 1.75. The average molecular weight is 324 g/mol. The van der Waals surface area contributed by atoms with Gasteiger partial charge in [0.05, 0.1) is 24.3 Å². The van der Waals surface area contributed by atoms with Crippen molar-refractivity contribution in [2.24, 2.45) is 0 Å². The molecule has 0 saturated carbocycles. The third-order valence-corrected chi connectivity index (χ3v) is 2.87. The van der Waals surface area contributed by atoms with Gasteiger partial charge in [-0.05, 0) is 18.2 Å². The lowest BCUT2D eigenvalue weighted by Crippen LogP contribution is -2.31. The lowest BCUT2D eigenvalue weighted by Gasteiger charge is -2.19. The Bertz CT molecular complexity index is 675. The number of hydrogen-bond donors (Lipinski definition) is 0. The van der Waals surface area contributed by atoms with Crippen LogP contribution in [0.1, 0.15) is 17.1 Å². The van der Waals surface area contributed by atoms with Gasteiger partial charge >= 0.3 is 6.18 Å². The van der Waals surface area contributed by atoms with E-state index in [0.29, 0.717) is 12.0 Å². The maximum Gasteiger partial charge on any atom is 0.417 e. The molecule has 120 valence electrons. The zero-order valence-corrected chi connectivity index (χ0v) is 11.7. The molecular weight excluding hydrogens is 313 g/mol. The molecule has 0 aliphatic rings. The Morgan fingerprint density at radius 3 is 2.35 bits per heavy atom. The van der Waals surface area contributed by atoms with Gasteiger partial charge in [0, 0.05) is 18.6 Å². The maximum absolute atomic E-state index is 12.5. The molecule has 23 heavy (non-hydrogen) atoms. The van der Waals surface area contributed by atoms with Crippen molar-refractivity contribution >= 4 is 12.2 Å². The molecular formula is C14H11F3N4O2. The van der Waals surface area contributed by atoms with E-state index in [1.807, 2.05) is 0 Å². The molecule has 1 amide bonds. The molecule has 0 bridgehead atoms. The van der Waals surface area contributed by atoms with Gasteiger partial charge in [-0.15, -0.1) is 0 Å². The van der Waals surface area contributed by atoms with E-state index in [4.69, 9.17) is 0 Å². The number of rotatable bonds is 5. The minimum atomic E-state index is -4.48. The highest BCUT2D eigenvalue weighted by Crippen LogP contribution is 2.28. The molecule has 0 aromatic carbocycles. The molecule has 0 unspecified atom stereocenters. The molecule has 9 heteroatoms. The van der Waals surface area contributed by atoms with Crippen LogP contribution in [0.5, 0.6) is 0 Å². The van der Waals surface area contributed by atoms with Crippen molar-refractivity contribution in [1.82, 2.24) is 19.9 Å². The standard InChI is InChI=1S/C14H11F3N4O2/c15-14(16,17)10-2-3-11(20-6-10)7-21(13(23)9-22)8-12-18-4-1-5-19-12/h1-6,9H,7-8H2. The van der Waals surface area contributed by atoms with E-state index in [-0.39, 0.29) is 25.1 Å². The van der Waals surface area contributed by atoms with Crippen LogP contribution in [0.2, 0.25) is 0 Å². The topological polar surface area (TPSA) is 76.1 Å². The average Bonchev–Trinajstić information content (AvgIpc) is 2.54. The molecule has 0 fully saturated rings. The van der Waals surface area contributed by atoms with Crippen molar-refractivity contribution < 1.29 is 22.8 Å². The second-order valence-corrected chi connectivity index (χ2v) is 4.51. The largest absolute Gasteiger partial charge is 0.417 e. The van der Waals surface area contributed by atoms with Crippen LogP contribution in [0.25, 0.3) is 0 Å². The molecule has 2 rings (SSSR count). The lowest BCUT2D eigenvalue weighted by atomic mass is 10.2. The Hall–Kier alpha value is -2.84. The molecule has 0 saturated heterocycles. The summed E-state index contributed by atoms with van der Waals surface area (Å²) in [6.45, 7) is -0.185. The van der Waals surface area contributed by atoms with Gasteiger partial charge < -0.3 is 4.90 Å². The summed E-state index contributed by atoms with van der Waals surface area (Å²) in [5, 5.41) is 0. The number of amides is 1. The zero-order chi connectivity index (χ0) is 16.9. The van der Waals surface area contributed by atoms with E-state index in [1.165, 1.54) is 12.4 Å². The van der Waals surface area contributed by atoms with Gasteiger partial charge in [-0.3, -0.25) is 14.6 Å². The van der Waals surface area contributed by atoms with Crippen molar-refractivity contribution in [3.05, 3.63) is 53.9 Å². The number of hydrogen-bond acceptors (Lipinski definition) is 5. The summed E-state index contributed by atoms with van der Waals surface area (Å²) >= 11 is 0. The highest BCUT2D eigenvalue weighted by Gasteiger charge is 2.30. The summed E-state index contributed by atoms with van der Waals surface area (Å²) in [7, 11) is 0. The Morgan fingerprint density at radius 1 is 1.13 bits per heavy atom. The van der Waals surface area contributed by atoms with Crippen molar-refractivity contribution in [2.75, 3.05) is 0 Å². The molecule has 0 atom stereocenters. The maximum atomic E-state index is 12.5. The van der Waals surface area contributed by atoms with Crippen LogP contribution < -0.4 is 0 Å². The number of aldehydes is 1. The lowest BCUT2D eigenvalue weighted by molar-refractivity contribution is -0.140. The summed E-state index contributed by atoms with van der Waals surface area (Å²) < 4.78 is 37.5. The number of carbonyl (C=O) groups excluding carboxylic acids is 2.